The molecular formula is C22H18F3N3O3S. The summed E-state index contributed by atoms with van der Waals surface area (Å²) >= 11 is 1.37. The summed E-state index contributed by atoms with van der Waals surface area (Å²) in [6, 6.07) is 8.56. The van der Waals surface area contributed by atoms with Crippen LogP contribution in [0.5, 0.6) is 5.75 Å². The van der Waals surface area contributed by atoms with E-state index in [1.54, 1.807) is 6.20 Å². The first-order valence-electron chi connectivity index (χ1n) is 9.56. The number of halogens is 3. The average molecular weight is 461 g/mol. The molecule has 10 heteroatoms. The van der Waals surface area contributed by atoms with Gasteiger partial charge in [-0.25, -0.2) is 4.98 Å². The van der Waals surface area contributed by atoms with Gasteiger partial charge in [0.2, 0.25) is 0 Å². The predicted octanol–water partition coefficient (Wildman–Crippen LogP) is 5.46. The van der Waals surface area contributed by atoms with Gasteiger partial charge < -0.3 is 9.84 Å². The molecule has 0 aliphatic rings. The number of hydrogen-bond acceptors (Lipinski definition) is 5. The molecule has 32 heavy (non-hydrogen) atoms. The minimum absolute atomic E-state index is 0.226. The third kappa shape index (κ3) is 4.45. The molecule has 0 amide bonds. The first-order valence-corrected chi connectivity index (χ1v) is 10.4. The van der Waals surface area contributed by atoms with E-state index in [-0.39, 0.29) is 13.2 Å². The van der Waals surface area contributed by atoms with E-state index in [2.05, 4.69) is 10.1 Å². The third-order valence-electron chi connectivity index (χ3n) is 4.93. The van der Waals surface area contributed by atoms with Crippen LogP contribution in [0.25, 0.3) is 21.5 Å². The van der Waals surface area contributed by atoms with Crippen molar-refractivity contribution in [1.82, 2.24) is 14.8 Å². The number of ether oxygens (including phenoxy) is 1. The summed E-state index contributed by atoms with van der Waals surface area (Å²) in [5.41, 5.74) is 2.19. The Hall–Kier alpha value is -3.40. The predicted molar refractivity (Wildman–Crippen MR) is 114 cm³/mol. The van der Waals surface area contributed by atoms with Crippen LogP contribution in [0, 0.1) is 13.8 Å². The van der Waals surface area contributed by atoms with Crippen LogP contribution in [0.1, 0.15) is 21.7 Å². The van der Waals surface area contributed by atoms with Gasteiger partial charge in [-0.2, -0.15) is 18.3 Å². The van der Waals surface area contributed by atoms with Crippen molar-refractivity contribution >= 4 is 28.2 Å². The molecule has 2 aromatic heterocycles. The molecule has 1 N–H and O–H groups in total. The zero-order valence-corrected chi connectivity index (χ0v) is 17.9. The SMILES string of the molecule is Cc1cc2c(cnn2CC(=O)O)cc1OCc1sc(-c2ccc(C(F)(F)F)cc2)nc1C. The number of alkyl halides is 3. The molecule has 0 bridgehead atoms. The van der Waals surface area contributed by atoms with Gasteiger partial charge in [-0.05, 0) is 43.7 Å². The van der Waals surface area contributed by atoms with Crippen LogP contribution in [0.15, 0.2) is 42.6 Å². The zero-order chi connectivity index (χ0) is 23.0. The minimum atomic E-state index is -4.38. The van der Waals surface area contributed by atoms with Crippen LogP contribution in [-0.4, -0.2) is 25.8 Å². The number of aliphatic carboxylic acids is 1. The zero-order valence-electron chi connectivity index (χ0n) is 17.1. The van der Waals surface area contributed by atoms with Crippen molar-refractivity contribution < 1.29 is 27.8 Å². The van der Waals surface area contributed by atoms with Crippen LogP contribution in [-0.2, 0) is 24.1 Å². The van der Waals surface area contributed by atoms with Gasteiger partial charge in [0.25, 0.3) is 0 Å². The van der Waals surface area contributed by atoms with Crippen LogP contribution in [0.4, 0.5) is 13.2 Å². The van der Waals surface area contributed by atoms with Gasteiger partial charge in [0.15, 0.2) is 0 Å². The summed E-state index contributed by atoms with van der Waals surface area (Å²) in [5.74, 6) is -0.339. The molecule has 0 unspecified atom stereocenters. The number of hydrogen-bond donors (Lipinski definition) is 1. The Labute approximate surface area is 184 Å². The van der Waals surface area contributed by atoms with E-state index < -0.39 is 17.7 Å². The number of fused-ring (bicyclic) bond motifs is 1. The van der Waals surface area contributed by atoms with Gasteiger partial charge in [0.05, 0.1) is 27.8 Å². The summed E-state index contributed by atoms with van der Waals surface area (Å²) in [4.78, 5) is 16.3. The molecule has 0 spiro atoms. The van der Waals surface area contributed by atoms with Gasteiger partial charge in [-0.3, -0.25) is 9.48 Å². The number of thiazole rings is 1. The van der Waals surface area contributed by atoms with Crippen molar-refractivity contribution in [3.63, 3.8) is 0 Å². The maximum Gasteiger partial charge on any atom is 0.416 e. The Morgan fingerprint density at radius 3 is 2.56 bits per heavy atom. The Kier molecular flexibility index (Phi) is 5.64. The highest BCUT2D eigenvalue weighted by Gasteiger charge is 2.30. The van der Waals surface area contributed by atoms with E-state index in [0.717, 1.165) is 33.7 Å². The first-order chi connectivity index (χ1) is 15.1. The smallest absolute Gasteiger partial charge is 0.416 e. The second kappa shape index (κ2) is 8.27. The number of benzene rings is 2. The van der Waals surface area contributed by atoms with E-state index in [4.69, 9.17) is 9.84 Å². The fraction of sp³-hybridized carbons (Fsp3) is 0.227. The summed E-state index contributed by atoms with van der Waals surface area (Å²) in [6.45, 7) is 3.71. The highest BCUT2D eigenvalue weighted by Crippen LogP contribution is 2.34. The van der Waals surface area contributed by atoms with E-state index in [9.17, 15) is 18.0 Å². The number of carboxylic acids is 1. The molecule has 0 radical (unpaired) electrons. The largest absolute Gasteiger partial charge is 0.488 e. The second-order valence-corrected chi connectivity index (χ2v) is 8.35. The van der Waals surface area contributed by atoms with Crippen molar-refractivity contribution in [2.75, 3.05) is 0 Å². The Morgan fingerprint density at radius 1 is 1.19 bits per heavy atom. The van der Waals surface area contributed by atoms with E-state index in [1.807, 2.05) is 26.0 Å². The number of carboxylic acid groups (broad SMARTS) is 1. The Balaban J connectivity index is 1.52. The van der Waals surface area contributed by atoms with Crippen molar-refractivity contribution in [3.8, 4) is 16.3 Å². The molecule has 2 aromatic carbocycles. The van der Waals surface area contributed by atoms with Gasteiger partial charge in [0, 0.05) is 10.9 Å². The van der Waals surface area contributed by atoms with E-state index >= 15 is 0 Å². The molecule has 0 aliphatic carbocycles. The first kappa shape index (κ1) is 21.8. The fourth-order valence-corrected chi connectivity index (χ4v) is 4.23. The number of rotatable bonds is 6. The summed E-state index contributed by atoms with van der Waals surface area (Å²) in [7, 11) is 0. The number of carbonyl (C=O) groups is 1. The van der Waals surface area contributed by atoms with E-state index in [0.29, 0.717) is 21.8 Å². The van der Waals surface area contributed by atoms with Gasteiger partial charge in [-0.15, -0.1) is 11.3 Å². The van der Waals surface area contributed by atoms with Crippen molar-refractivity contribution in [2.45, 2.75) is 33.2 Å². The normalized spacial score (nSPS) is 11.8. The lowest BCUT2D eigenvalue weighted by molar-refractivity contribution is -0.138. The van der Waals surface area contributed by atoms with Crippen molar-refractivity contribution in [1.29, 1.82) is 0 Å². The average Bonchev–Trinajstić information content (AvgIpc) is 3.28. The molecule has 4 rings (SSSR count). The maximum atomic E-state index is 12.8. The third-order valence-corrected chi connectivity index (χ3v) is 6.11. The molecule has 0 atom stereocenters. The van der Waals surface area contributed by atoms with Gasteiger partial charge in [-0.1, -0.05) is 12.1 Å². The van der Waals surface area contributed by atoms with Crippen LogP contribution < -0.4 is 4.74 Å². The summed E-state index contributed by atoms with van der Waals surface area (Å²) in [6.07, 6.45) is -2.79. The molecule has 6 nitrogen and oxygen atoms in total. The second-order valence-electron chi connectivity index (χ2n) is 7.26. The number of nitrogens with zero attached hydrogens (tertiary/aromatic N) is 3. The lowest BCUT2D eigenvalue weighted by Gasteiger charge is -2.09. The number of aromatic nitrogens is 3. The molecule has 0 aliphatic heterocycles. The molecule has 4 aromatic rings. The Morgan fingerprint density at radius 2 is 1.91 bits per heavy atom. The molecule has 0 saturated carbocycles. The highest BCUT2D eigenvalue weighted by atomic mass is 32.1. The Bertz CT molecular complexity index is 1290. The van der Waals surface area contributed by atoms with Crippen molar-refractivity contribution in [2.24, 2.45) is 0 Å². The molecule has 166 valence electrons. The molecule has 2 heterocycles. The monoisotopic (exact) mass is 461 g/mol. The standard InChI is InChI=1S/C22H18F3N3O3S/c1-12-7-17-15(9-26-28(17)10-20(29)30)8-18(12)31-11-19-13(2)27-21(32-19)14-3-5-16(6-4-14)22(23,24)25/h3-9H,10-11H2,1-2H3,(H,29,30). The number of aryl methyl sites for hydroxylation is 2. The molecule has 0 saturated heterocycles. The van der Waals surface area contributed by atoms with Crippen LogP contribution in [0.2, 0.25) is 0 Å². The van der Waals surface area contributed by atoms with Crippen molar-refractivity contribution in [3.05, 3.63) is 64.3 Å². The van der Waals surface area contributed by atoms with Gasteiger partial charge in [0.1, 0.15) is 23.9 Å². The highest BCUT2D eigenvalue weighted by molar-refractivity contribution is 7.15. The lowest BCUT2D eigenvalue weighted by atomic mass is 10.1. The summed E-state index contributed by atoms with van der Waals surface area (Å²) < 4.78 is 45.7. The van der Waals surface area contributed by atoms with E-state index in [1.165, 1.54) is 28.2 Å². The van der Waals surface area contributed by atoms with Gasteiger partial charge >= 0.3 is 12.1 Å². The van der Waals surface area contributed by atoms with Crippen LogP contribution in [0.3, 0.4) is 0 Å². The molecular weight excluding hydrogens is 443 g/mol. The summed E-state index contributed by atoms with van der Waals surface area (Å²) in [5, 5.41) is 14.5. The fourth-order valence-electron chi connectivity index (χ4n) is 3.25. The topological polar surface area (TPSA) is 77.2 Å². The maximum absolute atomic E-state index is 12.8. The van der Waals surface area contributed by atoms with Crippen LogP contribution >= 0.6 is 11.3 Å². The minimum Gasteiger partial charge on any atom is -0.488 e. The lowest BCUT2D eigenvalue weighted by Crippen LogP contribution is -2.09. The molecule has 0 fully saturated rings. The quantitative estimate of drug-likeness (QED) is 0.413.